The molecule has 0 saturated heterocycles. The van der Waals surface area contributed by atoms with Crippen molar-refractivity contribution in [2.75, 3.05) is 12.5 Å². The minimum Gasteiger partial charge on any atom is -0.462 e. The smallest absolute Gasteiger partial charge is 0.333 e. The summed E-state index contributed by atoms with van der Waals surface area (Å²) in [5.74, 6) is -1.17. The number of esters is 1. The van der Waals surface area contributed by atoms with E-state index in [0.29, 0.717) is 0 Å². The van der Waals surface area contributed by atoms with Gasteiger partial charge in [-0.15, -0.1) is 11.6 Å². The zero-order valence-electron chi connectivity index (χ0n) is 16.9. The highest BCUT2D eigenvalue weighted by molar-refractivity contribution is 6.19. The summed E-state index contributed by atoms with van der Waals surface area (Å²) in [6.45, 7) is 4.88. The van der Waals surface area contributed by atoms with Crippen molar-refractivity contribution >= 4 is 46.5 Å². The summed E-state index contributed by atoms with van der Waals surface area (Å²) in [4.78, 5) is 69.4. The Balaban J connectivity index is 3.85. The number of rotatable bonds is 18. The van der Waals surface area contributed by atoms with Gasteiger partial charge < -0.3 is 4.74 Å². The third-order valence-corrected chi connectivity index (χ3v) is 4.26. The molecule has 0 bridgehead atoms. The molecule has 0 aromatic heterocycles. The topological polar surface area (TPSA) is 112 Å². The van der Waals surface area contributed by atoms with E-state index in [1.807, 2.05) is 0 Å². The van der Waals surface area contributed by atoms with Gasteiger partial charge in [0.05, 0.1) is 6.61 Å². The van der Waals surface area contributed by atoms with E-state index in [-0.39, 0.29) is 111 Å². The molecule has 7 nitrogen and oxygen atoms in total. The van der Waals surface area contributed by atoms with Gasteiger partial charge in [-0.1, -0.05) is 6.58 Å². The highest BCUT2D eigenvalue weighted by Crippen LogP contribution is 2.07. The molecular weight excluding hydrogens is 400 g/mol. The molecule has 0 amide bonds. The molecule has 0 aromatic rings. The Morgan fingerprint density at radius 2 is 0.931 bits per heavy atom. The first-order chi connectivity index (χ1) is 13.6. The number of ether oxygens (including phenoxy) is 1. The van der Waals surface area contributed by atoms with Crippen LogP contribution in [0.5, 0.6) is 0 Å². The van der Waals surface area contributed by atoms with Crippen LogP contribution in [0.4, 0.5) is 0 Å². The lowest BCUT2D eigenvalue weighted by Gasteiger charge is -2.04. The van der Waals surface area contributed by atoms with Crippen molar-refractivity contribution in [3.8, 4) is 0 Å². The molecule has 0 aliphatic carbocycles. The monoisotopic (exact) mass is 428 g/mol. The van der Waals surface area contributed by atoms with E-state index in [9.17, 15) is 28.8 Å². The summed E-state index contributed by atoms with van der Waals surface area (Å²) in [6, 6.07) is 0. The van der Waals surface area contributed by atoms with Crippen LogP contribution in [0.15, 0.2) is 12.2 Å². The van der Waals surface area contributed by atoms with Crippen molar-refractivity contribution in [3.05, 3.63) is 12.2 Å². The second-order valence-corrected chi connectivity index (χ2v) is 7.18. The van der Waals surface area contributed by atoms with Gasteiger partial charge in [-0.25, -0.2) is 4.79 Å². The van der Waals surface area contributed by atoms with Gasteiger partial charge in [0.15, 0.2) is 0 Å². The Kier molecular flexibility index (Phi) is 14.6. The maximum atomic E-state index is 11.8. The van der Waals surface area contributed by atoms with E-state index in [1.54, 1.807) is 0 Å². The van der Waals surface area contributed by atoms with Gasteiger partial charge in [-0.05, 0) is 6.92 Å². The molecule has 0 heterocycles. The zero-order valence-corrected chi connectivity index (χ0v) is 17.7. The summed E-state index contributed by atoms with van der Waals surface area (Å²) in [5, 5.41) is 0. The molecule has 8 heteroatoms. The number of Topliss-reactive ketones (excluding diaryl/α,β-unsaturated/α-hetero) is 5. The van der Waals surface area contributed by atoms with E-state index in [1.165, 1.54) is 6.92 Å². The fourth-order valence-corrected chi connectivity index (χ4v) is 2.44. The maximum Gasteiger partial charge on any atom is 0.333 e. The molecule has 0 rings (SSSR count). The lowest BCUT2D eigenvalue weighted by atomic mass is 10.0. The van der Waals surface area contributed by atoms with Crippen LogP contribution >= 0.6 is 11.6 Å². The Bertz CT molecular complexity index is 637. The van der Waals surface area contributed by atoms with Crippen molar-refractivity contribution in [2.24, 2.45) is 0 Å². The number of carbonyl (C=O) groups is 6. The second kappa shape index (κ2) is 15.7. The average molecular weight is 429 g/mol. The fraction of sp³-hybridized carbons (Fsp3) is 0.619. The molecule has 0 aromatic carbocycles. The molecule has 0 aliphatic rings. The molecule has 0 radical (unpaired) electrons. The van der Waals surface area contributed by atoms with Crippen molar-refractivity contribution < 1.29 is 33.5 Å². The molecule has 162 valence electrons. The van der Waals surface area contributed by atoms with Crippen LogP contribution in [-0.4, -0.2) is 47.4 Å². The quantitative estimate of drug-likeness (QED) is 0.187. The predicted octanol–water partition coefficient (Wildman–Crippen LogP) is 3.09. The van der Waals surface area contributed by atoms with Gasteiger partial charge in [0.2, 0.25) is 0 Å². The molecule has 0 aliphatic heterocycles. The average Bonchev–Trinajstić information content (AvgIpc) is 2.67. The van der Waals surface area contributed by atoms with Crippen molar-refractivity contribution in [2.45, 2.75) is 71.1 Å². The summed E-state index contributed by atoms with van der Waals surface area (Å²) < 4.78 is 4.81. The van der Waals surface area contributed by atoms with Crippen LogP contribution in [0.2, 0.25) is 0 Å². The summed E-state index contributed by atoms with van der Waals surface area (Å²) in [5.41, 5.74) is 0.249. The summed E-state index contributed by atoms with van der Waals surface area (Å²) in [7, 11) is 0. The van der Waals surface area contributed by atoms with E-state index in [0.717, 1.165) is 0 Å². The van der Waals surface area contributed by atoms with Gasteiger partial charge in [-0.2, -0.15) is 0 Å². The van der Waals surface area contributed by atoms with Gasteiger partial charge in [0.25, 0.3) is 0 Å². The molecule has 0 fully saturated rings. The Labute approximate surface area is 176 Å². The van der Waals surface area contributed by atoms with Gasteiger partial charge in [-0.3, -0.25) is 24.0 Å². The standard InChI is InChI=1S/C21H29ClO7/c1-15(2)21(28)29-14-12-20(27)10-8-18(25)6-4-16(23)3-5-17(24)7-9-19(26)11-13-22/h1,3-14H2,2H3. The number of halogens is 1. The summed E-state index contributed by atoms with van der Waals surface area (Å²) >= 11 is 5.44. The molecular formula is C21H29ClO7. The molecule has 0 unspecified atom stereocenters. The Morgan fingerprint density at radius 3 is 1.24 bits per heavy atom. The van der Waals surface area contributed by atoms with Crippen LogP contribution in [0.1, 0.15) is 71.1 Å². The number of alkyl halides is 1. The first kappa shape index (κ1) is 26.9. The van der Waals surface area contributed by atoms with Crippen LogP contribution in [0, 0.1) is 0 Å². The van der Waals surface area contributed by atoms with Crippen LogP contribution < -0.4 is 0 Å². The minimum atomic E-state index is -0.562. The Morgan fingerprint density at radius 1 is 0.621 bits per heavy atom. The highest BCUT2D eigenvalue weighted by atomic mass is 35.5. The summed E-state index contributed by atoms with van der Waals surface area (Å²) in [6.07, 6.45) is 0.726. The van der Waals surface area contributed by atoms with E-state index in [4.69, 9.17) is 16.3 Å². The highest BCUT2D eigenvalue weighted by Gasteiger charge is 2.13. The molecule has 0 saturated carbocycles. The fourth-order valence-electron chi connectivity index (χ4n) is 2.23. The number of hydrogen-bond donors (Lipinski definition) is 0. The van der Waals surface area contributed by atoms with E-state index in [2.05, 4.69) is 6.58 Å². The molecule has 0 spiro atoms. The number of ketones is 5. The molecule has 0 atom stereocenters. The Hall–Kier alpha value is -2.15. The SMILES string of the molecule is C=C(C)C(=O)OCCC(=O)CCC(=O)CCC(=O)CCC(=O)CCC(=O)CCCl. The van der Waals surface area contributed by atoms with Crippen molar-refractivity contribution in [1.29, 1.82) is 0 Å². The third-order valence-electron chi connectivity index (χ3n) is 4.07. The minimum absolute atomic E-state index is 0.0269. The number of carbonyl (C=O) groups excluding carboxylic acids is 6. The lowest BCUT2D eigenvalue weighted by Crippen LogP contribution is -2.12. The van der Waals surface area contributed by atoms with Gasteiger partial charge in [0.1, 0.15) is 28.9 Å². The van der Waals surface area contributed by atoms with Crippen LogP contribution in [0.25, 0.3) is 0 Å². The number of hydrogen-bond acceptors (Lipinski definition) is 7. The van der Waals surface area contributed by atoms with Gasteiger partial charge in [0, 0.05) is 75.7 Å². The predicted molar refractivity (Wildman–Crippen MR) is 108 cm³/mol. The first-order valence-corrected chi connectivity index (χ1v) is 10.2. The van der Waals surface area contributed by atoms with E-state index >= 15 is 0 Å². The van der Waals surface area contributed by atoms with Crippen LogP contribution in [-0.2, 0) is 33.5 Å². The third kappa shape index (κ3) is 15.4. The van der Waals surface area contributed by atoms with Crippen LogP contribution in [0.3, 0.4) is 0 Å². The van der Waals surface area contributed by atoms with E-state index < -0.39 is 5.97 Å². The largest absolute Gasteiger partial charge is 0.462 e. The maximum absolute atomic E-state index is 11.8. The van der Waals surface area contributed by atoms with Crippen molar-refractivity contribution in [3.63, 3.8) is 0 Å². The molecule has 29 heavy (non-hydrogen) atoms. The van der Waals surface area contributed by atoms with Crippen molar-refractivity contribution in [1.82, 2.24) is 0 Å². The normalized spacial score (nSPS) is 10.3. The zero-order chi connectivity index (χ0) is 22.2. The van der Waals surface area contributed by atoms with Gasteiger partial charge >= 0.3 is 5.97 Å². The first-order valence-electron chi connectivity index (χ1n) is 9.62. The lowest BCUT2D eigenvalue weighted by molar-refractivity contribution is -0.140. The molecule has 0 N–H and O–H groups in total. The second-order valence-electron chi connectivity index (χ2n) is 6.80.